The van der Waals surface area contributed by atoms with Gasteiger partial charge < -0.3 is 9.64 Å². The van der Waals surface area contributed by atoms with Crippen LogP contribution in [-0.4, -0.2) is 56.5 Å². The number of nitrogens with zero attached hydrogens (tertiary/aromatic N) is 5. The van der Waals surface area contributed by atoms with Crippen LogP contribution in [0.4, 0.5) is 0 Å². The molecule has 2 aromatic heterocycles. The number of hydrogen-bond acceptors (Lipinski definition) is 6. The molecule has 1 aliphatic heterocycles. The minimum Gasteiger partial charge on any atom is -0.497 e. The number of hydrogen-bond donors (Lipinski definition) is 0. The Bertz CT molecular complexity index is 1190. The maximum Gasteiger partial charge on any atom is 0.251 e. The molecule has 1 fully saturated rings. The molecule has 34 heavy (non-hydrogen) atoms. The number of aryl methyl sites for hydroxylation is 3. The number of carbonyl (C=O) groups is 2. The van der Waals surface area contributed by atoms with E-state index in [1.54, 1.807) is 36.1 Å². The van der Waals surface area contributed by atoms with Crippen molar-refractivity contribution in [3.8, 4) is 11.7 Å². The van der Waals surface area contributed by atoms with Crippen LogP contribution in [0.15, 0.2) is 30.3 Å². The highest BCUT2D eigenvalue weighted by atomic mass is 16.5. The summed E-state index contributed by atoms with van der Waals surface area (Å²) in [6.45, 7) is 8.88. The zero-order valence-electron chi connectivity index (χ0n) is 20.5. The van der Waals surface area contributed by atoms with Crippen LogP contribution in [0.2, 0.25) is 0 Å². The SMILES string of the molecule is COc1ccc(C(=O)C2CCN(C(=O)Cc3c(C)nn(-c4nc(C)cc(C)n4)c3C)CC2)cc1. The van der Waals surface area contributed by atoms with E-state index in [-0.39, 0.29) is 24.0 Å². The van der Waals surface area contributed by atoms with E-state index >= 15 is 0 Å². The van der Waals surface area contributed by atoms with E-state index in [4.69, 9.17) is 4.74 Å². The Morgan fingerprint density at radius 1 is 1.00 bits per heavy atom. The topological polar surface area (TPSA) is 90.2 Å². The average Bonchev–Trinajstić information content (AvgIpc) is 3.11. The number of carbonyl (C=O) groups excluding carboxylic acids is 2. The van der Waals surface area contributed by atoms with Crippen LogP contribution in [0.3, 0.4) is 0 Å². The maximum absolute atomic E-state index is 13.1. The first-order valence-electron chi connectivity index (χ1n) is 11.6. The van der Waals surface area contributed by atoms with Gasteiger partial charge in [-0.1, -0.05) is 0 Å². The molecule has 0 bridgehead atoms. The lowest BCUT2D eigenvalue weighted by molar-refractivity contribution is -0.131. The van der Waals surface area contributed by atoms with Crippen LogP contribution < -0.4 is 4.74 Å². The van der Waals surface area contributed by atoms with Gasteiger partial charge in [0.25, 0.3) is 5.95 Å². The van der Waals surface area contributed by atoms with E-state index < -0.39 is 0 Å². The smallest absolute Gasteiger partial charge is 0.251 e. The van der Waals surface area contributed by atoms with Crippen LogP contribution in [0.5, 0.6) is 5.75 Å². The average molecular weight is 462 g/mol. The number of Topliss-reactive ketones (excluding diaryl/α,β-unsaturated/α-hetero) is 1. The van der Waals surface area contributed by atoms with Gasteiger partial charge in [0.1, 0.15) is 5.75 Å². The zero-order chi connectivity index (χ0) is 24.4. The molecule has 0 aliphatic carbocycles. The largest absolute Gasteiger partial charge is 0.497 e. The lowest BCUT2D eigenvalue weighted by Crippen LogP contribution is -2.41. The molecule has 8 heteroatoms. The summed E-state index contributed by atoms with van der Waals surface area (Å²) >= 11 is 0. The third kappa shape index (κ3) is 4.85. The molecule has 0 unspecified atom stereocenters. The lowest BCUT2D eigenvalue weighted by atomic mass is 9.88. The normalized spacial score (nSPS) is 14.3. The fourth-order valence-electron chi connectivity index (χ4n) is 4.57. The van der Waals surface area contributed by atoms with Gasteiger partial charge in [-0.15, -0.1) is 0 Å². The molecule has 1 amide bonds. The molecule has 0 radical (unpaired) electrons. The number of ether oxygens (including phenoxy) is 1. The summed E-state index contributed by atoms with van der Waals surface area (Å²) in [6.07, 6.45) is 1.62. The van der Waals surface area contributed by atoms with Crippen LogP contribution in [0, 0.1) is 33.6 Å². The third-order valence-electron chi connectivity index (χ3n) is 6.52. The molecule has 3 heterocycles. The summed E-state index contributed by atoms with van der Waals surface area (Å²) in [4.78, 5) is 36.8. The summed E-state index contributed by atoms with van der Waals surface area (Å²) in [5.41, 5.74) is 5.03. The van der Waals surface area contributed by atoms with Gasteiger partial charge in [0.15, 0.2) is 5.78 Å². The summed E-state index contributed by atoms with van der Waals surface area (Å²) in [7, 11) is 1.61. The summed E-state index contributed by atoms with van der Waals surface area (Å²) in [5.74, 6) is 1.38. The van der Waals surface area contributed by atoms with Gasteiger partial charge >= 0.3 is 0 Å². The number of methoxy groups -OCH3 is 1. The first kappa shape index (κ1) is 23.6. The number of ketones is 1. The van der Waals surface area contributed by atoms with Crippen LogP contribution in [0.1, 0.15) is 51.5 Å². The van der Waals surface area contributed by atoms with Gasteiger partial charge in [0, 0.05) is 47.2 Å². The van der Waals surface area contributed by atoms with Crippen molar-refractivity contribution in [2.75, 3.05) is 20.2 Å². The highest BCUT2D eigenvalue weighted by Crippen LogP contribution is 2.24. The Kier molecular flexibility index (Phi) is 6.77. The van der Waals surface area contributed by atoms with Crippen molar-refractivity contribution in [3.63, 3.8) is 0 Å². The van der Waals surface area contributed by atoms with Crippen LogP contribution in [0.25, 0.3) is 5.95 Å². The van der Waals surface area contributed by atoms with E-state index in [0.717, 1.165) is 34.1 Å². The van der Waals surface area contributed by atoms with Gasteiger partial charge in [-0.05, 0) is 70.9 Å². The molecule has 0 atom stereocenters. The highest BCUT2D eigenvalue weighted by Gasteiger charge is 2.29. The van der Waals surface area contributed by atoms with Crippen molar-refractivity contribution >= 4 is 11.7 Å². The van der Waals surface area contributed by atoms with Crippen molar-refractivity contribution in [1.29, 1.82) is 0 Å². The molecular weight excluding hydrogens is 430 g/mol. The first-order valence-corrected chi connectivity index (χ1v) is 11.6. The predicted octanol–water partition coefficient (Wildman–Crippen LogP) is 3.57. The Morgan fingerprint density at radius 3 is 2.21 bits per heavy atom. The van der Waals surface area contributed by atoms with Crippen molar-refractivity contribution in [3.05, 3.63) is 64.2 Å². The van der Waals surface area contributed by atoms with E-state index in [2.05, 4.69) is 15.1 Å². The number of amides is 1. The Hall–Kier alpha value is -3.55. The van der Waals surface area contributed by atoms with Gasteiger partial charge in [-0.2, -0.15) is 5.10 Å². The molecule has 0 N–H and O–H groups in total. The number of likely N-dealkylation sites (tertiary alicyclic amines) is 1. The van der Waals surface area contributed by atoms with Gasteiger partial charge in [-0.3, -0.25) is 9.59 Å². The second-order valence-electron chi connectivity index (χ2n) is 8.94. The number of aromatic nitrogens is 4. The number of rotatable bonds is 6. The standard InChI is InChI=1S/C26H31N5O3/c1-16-14-17(2)28-26(27-16)31-19(4)23(18(3)29-31)15-24(32)30-12-10-21(11-13-30)25(33)20-6-8-22(34-5)9-7-20/h6-9,14,21H,10-13,15H2,1-5H3. The molecule has 4 rings (SSSR count). The fraction of sp³-hybridized carbons (Fsp3) is 0.423. The highest BCUT2D eigenvalue weighted by molar-refractivity contribution is 5.98. The maximum atomic E-state index is 13.1. The monoisotopic (exact) mass is 461 g/mol. The molecule has 0 saturated carbocycles. The quantitative estimate of drug-likeness (QED) is 0.522. The van der Waals surface area contributed by atoms with E-state index in [9.17, 15) is 9.59 Å². The summed E-state index contributed by atoms with van der Waals surface area (Å²) < 4.78 is 6.89. The molecule has 3 aromatic rings. The lowest BCUT2D eigenvalue weighted by Gasteiger charge is -2.31. The molecule has 1 saturated heterocycles. The molecule has 1 aliphatic rings. The van der Waals surface area contributed by atoms with E-state index in [1.165, 1.54) is 0 Å². The summed E-state index contributed by atoms with van der Waals surface area (Å²) in [5, 5.41) is 4.61. The van der Waals surface area contributed by atoms with Crippen molar-refractivity contribution in [2.24, 2.45) is 5.92 Å². The number of piperidine rings is 1. The third-order valence-corrected chi connectivity index (χ3v) is 6.52. The van der Waals surface area contributed by atoms with Crippen LogP contribution >= 0.6 is 0 Å². The molecule has 1 aromatic carbocycles. The zero-order valence-corrected chi connectivity index (χ0v) is 20.5. The van der Waals surface area contributed by atoms with Gasteiger partial charge in [-0.25, -0.2) is 14.6 Å². The second-order valence-corrected chi connectivity index (χ2v) is 8.94. The van der Waals surface area contributed by atoms with Crippen LogP contribution in [-0.2, 0) is 11.2 Å². The Morgan fingerprint density at radius 2 is 1.62 bits per heavy atom. The first-order chi connectivity index (χ1) is 16.3. The predicted molar refractivity (Wildman–Crippen MR) is 128 cm³/mol. The molecular formula is C26H31N5O3. The second kappa shape index (κ2) is 9.75. The van der Waals surface area contributed by atoms with Crippen molar-refractivity contribution in [2.45, 2.75) is 47.0 Å². The summed E-state index contributed by atoms with van der Waals surface area (Å²) in [6, 6.07) is 9.14. The number of benzene rings is 1. The minimum absolute atomic E-state index is 0.0578. The van der Waals surface area contributed by atoms with Crippen molar-refractivity contribution < 1.29 is 14.3 Å². The van der Waals surface area contributed by atoms with E-state index in [1.807, 2.05) is 38.7 Å². The molecule has 0 spiro atoms. The fourth-order valence-corrected chi connectivity index (χ4v) is 4.57. The molecule has 8 nitrogen and oxygen atoms in total. The molecule has 178 valence electrons. The van der Waals surface area contributed by atoms with Crippen molar-refractivity contribution in [1.82, 2.24) is 24.6 Å². The van der Waals surface area contributed by atoms with Gasteiger partial charge in [0.05, 0.1) is 19.2 Å². The minimum atomic E-state index is -0.0645. The Labute approximate surface area is 200 Å². The van der Waals surface area contributed by atoms with Gasteiger partial charge in [0.2, 0.25) is 5.91 Å². The Balaban J connectivity index is 1.40. The van der Waals surface area contributed by atoms with E-state index in [0.29, 0.717) is 37.4 Å².